The Morgan fingerprint density at radius 2 is 1.47 bits per heavy atom. The Hall–Kier alpha value is -1.80. The predicted octanol–water partition coefficient (Wildman–Crippen LogP) is 6.67. The standard InChI is InChI=1S/C26H45NO6S/c1-5-6-7-8-9-10-11-12-13-14-16-24(25-21(2)19-23(32-4)20-22(25)3)33-26(28)27-17-15-18-34(29,30)31/h19-20,24H,5-18H2,1-4H3,(H,27,28)(H,29,30,31). The lowest BCUT2D eigenvalue weighted by Gasteiger charge is -2.23. The fourth-order valence-electron chi connectivity index (χ4n) is 4.26. The van der Waals surface area contributed by atoms with Crippen molar-refractivity contribution in [1.82, 2.24) is 5.32 Å². The van der Waals surface area contributed by atoms with Gasteiger partial charge < -0.3 is 14.8 Å². The summed E-state index contributed by atoms with van der Waals surface area (Å²) >= 11 is 0. The molecule has 1 atom stereocenters. The molecule has 0 bridgehead atoms. The molecule has 8 heteroatoms. The van der Waals surface area contributed by atoms with Crippen molar-refractivity contribution in [2.24, 2.45) is 0 Å². The normalized spacial score (nSPS) is 12.4. The van der Waals surface area contributed by atoms with Gasteiger partial charge in [-0.25, -0.2) is 4.79 Å². The minimum absolute atomic E-state index is 0.115. The van der Waals surface area contributed by atoms with E-state index in [2.05, 4.69) is 12.2 Å². The van der Waals surface area contributed by atoms with Gasteiger partial charge in [-0.1, -0.05) is 64.7 Å². The smallest absolute Gasteiger partial charge is 0.407 e. The summed E-state index contributed by atoms with van der Waals surface area (Å²) in [6.45, 7) is 6.33. The number of hydrogen-bond acceptors (Lipinski definition) is 5. The van der Waals surface area contributed by atoms with Gasteiger partial charge in [-0.15, -0.1) is 0 Å². The third-order valence-electron chi connectivity index (χ3n) is 6.04. The number of amides is 1. The summed E-state index contributed by atoms with van der Waals surface area (Å²) in [5.74, 6) is 0.373. The minimum atomic E-state index is -4.04. The maximum absolute atomic E-state index is 12.4. The molecule has 0 radical (unpaired) electrons. The van der Waals surface area contributed by atoms with Gasteiger partial charge in [0.1, 0.15) is 11.9 Å². The highest BCUT2D eigenvalue weighted by Crippen LogP contribution is 2.32. The van der Waals surface area contributed by atoms with Gasteiger partial charge in [0.2, 0.25) is 0 Å². The summed E-state index contributed by atoms with van der Waals surface area (Å²) in [6, 6.07) is 3.89. The van der Waals surface area contributed by atoms with Gasteiger partial charge in [-0.05, 0) is 61.9 Å². The van der Waals surface area contributed by atoms with E-state index < -0.39 is 22.0 Å². The minimum Gasteiger partial charge on any atom is -0.497 e. The number of hydrogen-bond donors (Lipinski definition) is 2. The largest absolute Gasteiger partial charge is 0.497 e. The Labute approximate surface area is 206 Å². The molecule has 0 spiro atoms. The second kappa shape index (κ2) is 16.8. The Kier molecular flexibility index (Phi) is 14.9. The van der Waals surface area contributed by atoms with Crippen LogP contribution in [-0.2, 0) is 14.9 Å². The summed E-state index contributed by atoms with van der Waals surface area (Å²) < 4.78 is 41.6. The third-order valence-corrected chi connectivity index (χ3v) is 6.85. The average Bonchev–Trinajstić information content (AvgIpc) is 2.76. The first-order valence-corrected chi connectivity index (χ1v) is 14.3. The molecule has 196 valence electrons. The molecular weight excluding hydrogens is 454 g/mol. The number of aryl methyl sites for hydroxylation is 2. The van der Waals surface area contributed by atoms with Crippen LogP contribution in [0.2, 0.25) is 0 Å². The van der Waals surface area contributed by atoms with E-state index in [9.17, 15) is 13.2 Å². The highest BCUT2D eigenvalue weighted by molar-refractivity contribution is 7.85. The number of rotatable bonds is 18. The lowest BCUT2D eigenvalue weighted by Crippen LogP contribution is -2.28. The first-order valence-electron chi connectivity index (χ1n) is 12.7. The number of unbranched alkanes of at least 4 members (excludes halogenated alkanes) is 9. The Morgan fingerprint density at radius 3 is 1.97 bits per heavy atom. The molecule has 0 aliphatic carbocycles. The molecule has 0 aromatic heterocycles. The summed E-state index contributed by atoms with van der Waals surface area (Å²) in [4.78, 5) is 12.4. The van der Waals surface area contributed by atoms with E-state index in [1.807, 2.05) is 26.0 Å². The first-order chi connectivity index (χ1) is 16.2. The number of nitrogens with one attached hydrogen (secondary N) is 1. The van der Waals surface area contributed by atoms with E-state index in [1.54, 1.807) is 7.11 Å². The molecule has 0 heterocycles. The molecule has 1 amide bonds. The van der Waals surface area contributed by atoms with Crippen LogP contribution >= 0.6 is 0 Å². The van der Waals surface area contributed by atoms with E-state index in [4.69, 9.17) is 14.0 Å². The number of alkyl carbamates (subject to hydrolysis) is 1. The van der Waals surface area contributed by atoms with Crippen LogP contribution in [0.15, 0.2) is 12.1 Å². The fraction of sp³-hybridized carbons (Fsp3) is 0.731. The molecule has 0 saturated carbocycles. The van der Waals surface area contributed by atoms with Gasteiger partial charge in [0.05, 0.1) is 12.9 Å². The Balaban J connectivity index is 2.61. The maximum Gasteiger partial charge on any atom is 0.407 e. The molecule has 0 saturated heterocycles. The summed E-state index contributed by atoms with van der Waals surface area (Å²) in [6.07, 6.45) is 12.2. The molecule has 7 nitrogen and oxygen atoms in total. The van der Waals surface area contributed by atoms with Crippen LogP contribution in [0, 0.1) is 13.8 Å². The summed E-state index contributed by atoms with van der Waals surface area (Å²) in [5, 5.41) is 2.59. The van der Waals surface area contributed by atoms with Gasteiger partial charge in [0.25, 0.3) is 10.1 Å². The van der Waals surface area contributed by atoms with Crippen LogP contribution in [0.25, 0.3) is 0 Å². The van der Waals surface area contributed by atoms with Crippen molar-refractivity contribution < 1.29 is 27.2 Å². The number of carbonyl (C=O) groups is 1. The zero-order valence-electron chi connectivity index (χ0n) is 21.5. The molecule has 1 aromatic rings. The molecular formula is C26H45NO6S. The highest BCUT2D eigenvalue weighted by atomic mass is 32.2. The SMILES string of the molecule is CCCCCCCCCCCCC(OC(=O)NCCCS(=O)(=O)O)c1c(C)cc(OC)cc1C. The van der Waals surface area contributed by atoms with Crippen LogP contribution < -0.4 is 10.1 Å². The van der Waals surface area contributed by atoms with Crippen LogP contribution in [-0.4, -0.2) is 38.5 Å². The molecule has 1 unspecified atom stereocenters. The van der Waals surface area contributed by atoms with Crippen molar-refractivity contribution in [3.63, 3.8) is 0 Å². The summed E-state index contributed by atoms with van der Waals surface area (Å²) in [5.41, 5.74) is 3.01. The molecule has 0 aliphatic rings. The second-order valence-electron chi connectivity index (χ2n) is 9.11. The first kappa shape index (κ1) is 30.2. The Bertz CT molecular complexity index is 802. The van der Waals surface area contributed by atoms with Crippen molar-refractivity contribution in [3.05, 3.63) is 28.8 Å². The van der Waals surface area contributed by atoms with Crippen LogP contribution in [0.3, 0.4) is 0 Å². The molecule has 0 fully saturated rings. The quantitative estimate of drug-likeness (QED) is 0.173. The van der Waals surface area contributed by atoms with Crippen molar-refractivity contribution in [2.45, 2.75) is 104 Å². The van der Waals surface area contributed by atoms with Crippen molar-refractivity contribution in [3.8, 4) is 5.75 Å². The number of ether oxygens (including phenoxy) is 2. The zero-order chi connectivity index (χ0) is 25.4. The van der Waals surface area contributed by atoms with E-state index in [0.29, 0.717) is 0 Å². The third kappa shape index (κ3) is 13.2. The Morgan fingerprint density at radius 1 is 0.941 bits per heavy atom. The average molecular weight is 500 g/mol. The summed E-state index contributed by atoms with van der Waals surface area (Å²) in [7, 11) is -2.41. The van der Waals surface area contributed by atoms with Crippen LogP contribution in [0.1, 0.15) is 107 Å². The van der Waals surface area contributed by atoms with Crippen molar-refractivity contribution in [2.75, 3.05) is 19.4 Å². The zero-order valence-corrected chi connectivity index (χ0v) is 22.3. The number of carbonyl (C=O) groups excluding carboxylic acids is 1. The van der Waals surface area contributed by atoms with Gasteiger partial charge in [0, 0.05) is 6.54 Å². The fourth-order valence-corrected chi connectivity index (χ4v) is 4.77. The lowest BCUT2D eigenvalue weighted by molar-refractivity contribution is 0.0901. The molecule has 0 aliphatic heterocycles. The van der Waals surface area contributed by atoms with E-state index >= 15 is 0 Å². The van der Waals surface area contributed by atoms with E-state index in [-0.39, 0.29) is 19.1 Å². The molecule has 1 aromatic carbocycles. The van der Waals surface area contributed by atoms with Gasteiger partial charge in [0.15, 0.2) is 0 Å². The maximum atomic E-state index is 12.4. The van der Waals surface area contributed by atoms with Gasteiger partial charge >= 0.3 is 6.09 Å². The van der Waals surface area contributed by atoms with Crippen LogP contribution in [0.5, 0.6) is 5.75 Å². The molecule has 1 rings (SSSR count). The van der Waals surface area contributed by atoms with Crippen LogP contribution in [0.4, 0.5) is 4.79 Å². The molecule has 34 heavy (non-hydrogen) atoms. The van der Waals surface area contributed by atoms with Gasteiger partial charge in [-0.2, -0.15) is 8.42 Å². The number of benzene rings is 1. The monoisotopic (exact) mass is 499 g/mol. The van der Waals surface area contributed by atoms with E-state index in [0.717, 1.165) is 41.7 Å². The van der Waals surface area contributed by atoms with Gasteiger partial charge in [-0.3, -0.25) is 4.55 Å². The van der Waals surface area contributed by atoms with E-state index in [1.165, 1.54) is 51.4 Å². The molecule has 2 N–H and O–H groups in total. The predicted molar refractivity (Wildman–Crippen MR) is 137 cm³/mol. The van der Waals surface area contributed by atoms with Crippen molar-refractivity contribution in [1.29, 1.82) is 0 Å². The van der Waals surface area contributed by atoms with Crippen molar-refractivity contribution >= 4 is 16.2 Å². The topological polar surface area (TPSA) is 102 Å². The second-order valence-corrected chi connectivity index (χ2v) is 10.7. The highest BCUT2D eigenvalue weighted by Gasteiger charge is 2.21. The lowest BCUT2D eigenvalue weighted by atomic mass is 9.93. The number of methoxy groups -OCH3 is 1.